The van der Waals surface area contributed by atoms with Crippen LogP contribution in [0.25, 0.3) is 0 Å². The second kappa shape index (κ2) is 5.59. The number of carboxylic acid groups (broad SMARTS) is 1. The monoisotopic (exact) mass is 256 g/mol. The summed E-state index contributed by atoms with van der Waals surface area (Å²) in [6, 6.07) is -0.275. The maximum atomic E-state index is 12.1. The molecule has 104 valence electrons. The highest BCUT2D eigenvalue weighted by atomic mass is 16.4. The molecule has 1 saturated carbocycles. The first-order chi connectivity index (χ1) is 8.31. The molecule has 1 aliphatic rings. The number of hydrogen-bond acceptors (Lipinski definition) is 2. The molecule has 1 atom stereocenters. The summed E-state index contributed by atoms with van der Waals surface area (Å²) < 4.78 is 0. The highest BCUT2D eigenvalue weighted by molar-refractivity contribution is 5.86. The highest BCUT2D eigenvalue weighted by Crippen LogP contribution is 2.39. The van der Waals surface area contributed by atoms with Gasteiger partial charge in [0.15, 0.2) is 0 Å². The van der Waals surface area contributed by atoms with Crippen molar-refractivity contribution in [3.05, 3.63) is 0 Å². The van der Waals surface area contributed by atoms with Gasteiger partial charge in [0.05, 0.1) is 0 Å². The van der Waals surface area contributed by atoms with Crippen LogP contribution in [0.4, 0.5) is 4.79 Å². The lowest BCUT2D eigenvalue weighted by molar-refractivity contribution is -0.144. The van der Waals surface area contributed by atoms with Gasteiger partial charge in [-0.15, -0.1) is 0 Å². The predicted molar refractivity (Wildman–Crippen MR) is 69.4 cm³/mol. The average Bonchev–Trinajstić information content (AvgIpc) is 3.08. The molecule has 0 radical (unpaired) electrons. The third-order valence-corrected chi connectivity index (χ3v) is 3.46. The normalized spacial score (nSPS) is 18.3. The van der Waals surface area contributed by atoms with Gasteiger partial charge in [0, 0.05) is 13.1 Å². The number of urea groups is 1. The van der Waals surface area contributed by atoms with Crippen molar-refractivity contribution in [2.24, 2.45) is 11.8 Å². The number of hydrogen-bond donors (Lipinski definition) is 2. The fraction of sp³-hybridized carbons (Fsp3) is 0.846. The van der Waals surface area contributed by atoms with E-state index < -0.39 is 11.5 Å². The zero-order chi connectivity index (χ0) is 13.9. The van der Waals surface area contributed by atoms with Crippen LogP contribution in [-0.2, 0) is 4.79 Å². The van der Waals surface area contributed by atoms with Crippen molar-refractivity contribution in [1.29, 1.82) is 0 Å². The molecule has 1 rings (SSSR count). The van der Waals surface area contributed by atoms with Crippen LogP contribution in [-0.4, -0.2) is 40.6 Å². The Bertz CT molecular complexity index is 326. The van der Waals surface area contributed by atoms with Crippen molar-refractivity contribution in [2.45, 2.75) is 46.1 Å². The quantitative estimate of drug-likeness (QED) is 0.763. The first-order valence-electron chi connectivity index (χ1n) is 6.61. The Morgan fingerprint density at radius 3 is 2.33 bits per heavy atom. The molecule has 5 heteroatoms. The molecule has 0 aromatic carbocycles. The molecule has 18 heavy (non-hydrogen) atoms. The van der Waals surface area contributed by atoms with Gasteiger partial charge in [0.25, 0.3) is 0 Å². The fourth-order valence-corrected chi connectivity index (χ4v) is 2.09. The standard InChI is InChI=1S/C13H24N2O3/c1-5-15(8-9(2)3)12(18)14-13(4,11(16)17)10-6-7-10/h9-10H,5-8H2,1-4H3,(H,14,18)(H,16,17). The van der Waals surface area contributed by atoms with Crippen molar-refractivity contribution < 1.29 is 14.7 Å². The number of nitrogens with one attached hydrogen (secondary N) is 1. The summed E-state index contributed by atoms with van der Waals surface area (Å²) in [6.07, 6.45) is 1.75. The first kappa shape index (κ1) is 14.8. The van der Waals surface area contributed by atoms with E-state index in [-0.39, 0.29) is 11.9 Å². The summed E-state index contributed by atoms with van der Waals surface area (Å²) in [4.78, 5) is 25.1. The van der Waals surface area contributed by atoms with Crippen LogP contribution in [0, 0.1) is 11.8 Å². The maximum absolute atomic E-state index is 12.1. The van der Waals surface area contributed by atoms with Crippen LogP contribution in [0.3, 0.4) is 0 Å². The Balaban J connectivity index is 2.68. The van der Waals surface area contributed by atoms with Crippen LogP contribution in [0.2, 0.25) is 0 Å². The predicted octanol–water partition coefficient (Wildman–Crippen LogP) is 1.93. The smallest absolute Gasteiger partial charge is 0.329 e. The topological polar surface area (TPSA) is 69.6 Å². The molecule has 1 aliphatic carbocycles. The van der Waals surface area contributed by atoms with E-state index in [2.05, 4.69) is 5.32 Å². The van der Waals surface area contributed by atoms with Crippen molar-refractivity contribution in [3.63, 3.8) is 0 Å². The second-order valence-corrected chi connectivity index (χ2v) is 5.64. The number of aliphatic carboxylic acids is 1. The summed E-state index contributed by atoms with van der Waals surface area (Å²) in [5, 5.41) is 12.0. The lowest BCUT2D eigenvalue weighted by Gasteiger charge is -2.31. The third-order valence-electron chi connectivity index (χ3n) is 3.46. The minimum Gasteiger partial charge on any atom is -0.480 e. The van der Waals surface area contributed by atoms with Gasteiger partial charge in [-0.3, -0.25) is 0 Å². The van der Waals surface area contributed by atoms with E-state index in [1.54, 1.807) is 11.8 Å². The van der Waals surface area contributed by atoms with E-state index in [1.807, 2.05) is 20.8 Å². The molecule has 2 N–H and O–H groups in total. The van der Waals surface area contributed by atoms with Gasteiger partial charge in [0.2, 0.25) is 0 Å². The Labute approximate surface area is 109 Å². The molecule has 2 amide bonds. The minimum atomic E-state index is -1.12. The molecule has 0 saturated heterocycles. The Kier molecular flexibility index (Phi) is 4.59. The maximum Gasteiger partial charge on any atom is 0.329 e. The van der Waals surface area contributed by atoms with E-state index in [4.69, 9.17) is 0 Å². The SMILES string of the molecule is CCN(CC(C)C)C(=O)NC(C)(C(=O)O)C1CC1. The summed E-state index contributed by atoms with van der Waals surface area (Å²) in [5.41, 5.74) is -1.12. The van der Waals surface area contributed by atoms with E-state index in [9.17, 15) is 14.7 Å². The lowest BCUT2D eigenvalue weighted by Crippen LogP contribution is -2.57. The van der Waals surface area contributed by atoms with Crippen molar-refractivity contribution in [3.8, 4) is 0 Å². The number of carboxylic acids is 1. The molecule has 0 bridgehead atoms. The van der Waals surface area contributed by atoms with E-state index in [1.165, 1.54) is 0 Å². The number of rotatable bonds is 6. The van der Waals surface area contributed by atoms with Gasteiger partial charge in [-0.2, -0.15) is 0 Å². The molecule has 0 spiro atoms. The first-order valence-corrected chi connectivity index (χ1v) is 6.61. The molecule has 0 aromatic rings. The molecule has 0 aliphatic heterocycles. The van der Waals surface area contributed by atoms with Gasteiger partial charge in [-0.05, 0) is 38.5 Å². The van der Waals surface area contributed by atoms with Crippen molar-refractivity contribution >= 4 is 12.0 Å². The van der Waals surface area contributed by atoms with Crippen LogP contribution in [0.15, 0.2) is 0 Å². The largest absolute Gasteiger partial charge is 0.480 e. The summed E-state index contributed by atoms with van der Waals surface area (Å²) in [6.45, 7) is 8.80. The molecule has 0 aromatic heterocycles. The highest BCUT2D eigenvalue weighted by Gasteiger charge is 2.49. The number of amides is 2. The van der Waals surface area contributed by atoms with Crippen LogP contribution < -0.4 is 5.32 Å². The zero-order valence-electron chi connectivity index (χ0n) is 11.7. The summed E-state index contributed by atoms with van der Waals surface area (Å²) in [5.74, 6) is -0.511. The molecule has 0 heterocycles. The molecule has 1 unspecified atom stereocenters. The molecule has 1 fully saturated rings. The second-order valence-electron chi connectivity index (χ2n) is 5.64. The van der Waals surface area contributed by atoms with Gasteiger partial charge in [0.1, 0.15) is 5.54 Å². The van der Waals surface area contributed by atoms with Crippen LogP contribution in [0.1, 0.15) is 40.5 Å². The van der Waals surface area contributed by atoms with Crippen molar-refractivity contribution in [2.75, 3.05) is 13.1 Å². The van der Waals surface area contributed by atoms with Gasteiger partial charge < -0.3 is 15.3 Å². The van der Waals surface area contributed by atoms with Crippen molar-refractivity contribution in [1.82, 2.24) is 10.2 Å². The zero-order valence-corrected chi connectivity index (χ0v) is 11.7. The minimum absolute atomic E-state index is 0.0664. The van der Waals surface area contributed by atoms with Crippen LogP contribution >= 0.6 is 0 Å². The summed E-state index contributed by atoms with van der Waals surface area (Å²) >= 11 is 0. The van der Waals surface area contributed by atoms with E-state index >= 15 is 0 Å². The van der Waals surface area contributed by atoms with E-state index in [0.717, 1.165) is 12.8 Å². The third kappa shape index (κ3) is 3.37. The van der Waals surface area contributed by atoms with Gasteiger partial charge >= 0.3 is 12.0 Å². The number of carbonyl (C=O) groups is 2. The Morgan fingerprint density at radius 1 is 1.44 bits per heavy atom. The lowest BCUT2D eigenvalue weighted by atomic mass is 9.96. The van der Waals surface area contributed by atoms with Gasteiger partial charge in [-0.1, -0.05) is 13.8 Å². The average molecular weight is 256 g/mol. The Hall–Kier alpha value is -1.26. The molecule has 5 nitrogen and oxygen atoms in total. The van der Waals surface area contributed by atoms with Crippen LogP contribution in [0.5, 0.6) is 0 Å². The fourth-order valence-electron chi connectivity index (χ4n) is 2.09. The molecular weight excluding hydrogens is 232 g/mol. The number of carbonyl (C=O) groups excluding carboxylic acids is 1. The summed E-state index contributed by atoms with van der Waals surface area (Å²) in [7, 11) is 0. The van der Waals surface area contributed by atoms with E-state index in [0.29, 0.717) is 19.0 Å². The molecular formula is C13H24N2O3. The Morgan fingerprint density at radius 2 is 2.00 bits per heavy atom. The number of nitrogens with zero attached hydrogens (tertiary/aromatic N) is 1. The van der Waals surface area contributed by atoms with Gasteiger partial charge in [-0.25, -0.2) is 9.59 Å².